The molecule has 5 heteroatoms. The number of hydrogen-bond acceptors (Lipinski definition) is 2. The number of rotatable bonds is 4. The summed E-state index contributed by atoms with van der Waals surface area (Å²) in [6, 6.07) is 5.84. The van der Waals surface area contributed by atoms with Gasteiger partial charge in [0.2, 0.25) is 0 Å². The summed E-state index contributed by atoms with van der Waals surface area (Å²) < 4.78 is 2.57. The highest BCUT2D eigenvalue weighted by molar-refractivity contribution is 9.10. The molecule has 0 amide bonds. The lowest BCUT2D eigenvalue weighted by Gasteiger charge is -2.06. The molecule has 0 spiro atoms. The summed E-state index contributed by atoms with van der Waals surface area (Å²) in [5.74, 6) is 0. The lowest BCUT2D eigenvalue weighted by Crippen LogP contribution is -2.18. The van der Waals surface area contributed by atoms with Gasteiger partial charge >= 0.3 is 0 Å². The van der Waals surface area contributed by atoms with Crippen molar-refractivity contribution in [1.82, 2.24) is 9.78 Å². The Kier molecular flexibility index (Phi) is 4.60. The van der Waals surface area contributed by atoms with Crippen LogP contribution in [0.3, 0.4) is 0 Å². The Bertz CT molecular complexity index is 698. The van der Waals surface area contributed by atoms with Gasteiger partial charge in [0, 0.05) is 22.9 Å². The number of benzene rings is 1. The maximum Gasteiger partial charge on any atom is 0.280 e. The van der Waals surface area contributed by atoms with Crippen LogP contribution in [-0.2, 0) is 0 Å². The van der Waals surface area contributed by atoms with E-state index in [1.54, 1.807) is 10.9 Å². The molecule has 4 nitrogen and oxygen atoms in total. The zero-order valence-electron chi connectivity index (χ0n) is 11.9. The maximum atomic E-state index is 12.5. The van der Waals surface area contributed by atoms with Crippen molar-refractivity contribution >= 4 is 22.1 Å². The van der Waals surface area contributed by atoms with Gasteiger partial charge in [0.25, 0.3) is 5.56 Å². The van der Waals surface area contributed by atoms with Crippen LogP contribution in [0.4, 0.5) is 0 Å². The molecule has 2 aromatic rings. The van der Waals surface area contributed by atoms with E-state index in [-0.39, 0.29) is 5.56 Å². The van der Waals surface area contributed by atoms with Gasteiger partial charge in [-0.1, -0.05) is 22.9 Å². The Morgan fingerprint density at radius 1 is 1.40 bits per heavy atom. The van der Waals surface area contributed by atoms with Crippen molar-refractivity contribution in [2.75, 3.05) is 6.54 Å². The van der Waals surface area contributed by atoms with Gasteiger partial charge in [0.1, 0.15) is 0 Å². The van der Waals surface area contributed by atoms with Crippen LogP contribution in [0.2, 0.25) is 0 Å². The molecule has 0 fully saturated rings. The zero-order valence-corrected chi connectivity index (χ0v) is 13.5. The Morgan fingerprint density at radius 2 is 2.15 bits per heavy atom. The Labute approximate surface area is 126 Å². The number of hydrogen-bond donors (Lipinski definition) is 1. The Balaban J connectivity index is 2.49. The number of aryl methyl sites for hydroxylation is 2. The summed E-state index contributed by atoms with van der Waals surface area (Å²) in [4.78, 5) is 16.7. The fourth-order valence-corrected chi connectivity index (χ4v) is 2.51. The minimum atomic E-state index is -0.0622. The molecule has 0 aliphatic rings. The van der Waals surface area contributed by atoms with Crippen LogP contribution in [0.15, 0.2) is 32.5 Å². The summed E-state index contributed by atoms with van der Waals surface area (Å²) in [6.45, 7) is 6.67. The lowest BCUT2D eigenvalue weighted by atomic mass is 10.2. The predicted molar refractivity (Wildman–Crippen MR) is 86.3 cm³/mol. The van der Waals surface area contributed by atoms with Crippen LogP contribution >= 0.6 is 15.9 Å². The van der Waals surface area contributed by atoms with Gasteiger partial charge in [-0.2, -0.15) is 0 Å². The molecule has 106 valence electrons. The van der Waals surface area contributed by atoms with E-state index >= 15 is 0 Å². The van der Waals surface area contributed by atoms with E-state index in [1.807, 2.05) is 32.0 Å². The smallest absolute Gasteiger partial charge is 0.280 e. The number of nitrogens with zero attached hydrogens (tertiary/aromatic N) is 2. The van der Waals surface area contributed by atoms with E-state index in [0.29, 0.717) is 5.56 Å². The summed E-state index contributed by atoms with van der Waals surface area (Å²) >= 11 is 3.43. The molecule has 0 bridgehead atoms. The molecule has 1 heterocycles. The third-order valence-electron chi connectivity index (χ3n) is 3.09. The highest BCUT2D eigenvalue weighted by Gasteiger charge is 2.12. The number of aromatic nitrogens is 2. The molecule has 1 aromatic carbocycles. The average molecular weight is 336 g/mol. The first kappa shape index (κ1) is 14.8. The molecule has 1 N–H and O–H groups in total. The number of aliphatic imine (C=N–C) groups is 1. The van der Waals surface area contributed by atoms with E-state index in [4.69, 9.17) is 0 Å². The van der Waals surface area contributed by atoms with Gasteiger partial charge in [0.15, 0.2) is 0 Å². The van der Waals surface area contributed by atoms with Crippen LogP contribution in [0.5, 0.6) is 0 Å². The van der Waals surface area contributed by atoms with Crippen molar-refractivity contribution in [2.45, 2.75) is 27.2 Å². The van der Waals surface area contributed by atoms with Gasteiger partial charge in [-0.25, -0.2) is 4.68 Å². The number of aromatic amines is 1. The van der Waals surface area contributed by atoms with Gasteiger partial charge in [-0.3, -0.25) is 14.9 Å². The first-order valence-corrected chi connectivity index (χ1v) is 7.42. The van der Waals surface area contributed by atoms with Crippen LogP contribution < -0.4 is 5.56 Å². The number of nitrogens with one attached hydrogen (secondary N) is 1. The number of halogens is 1. The van der Waals surface area contributed by atoms with E-state index in [1.165, 1.54) is 0 Å². The first-order valence-electron chi connectivity index (χ1n) is 6.62. The summed E-state index contributed by atoms with van der Waals surface area (Å²) in [6.07, 6.45) is 2.64. The van der Waals surface area contributed by atoms with E-state index in [2.05, 4.69) is 32.9 Å². The fraction of sp³-hybridized carbons (Fsp3) is 0.333. The third-order valence-corrected chi connectivity index (χ3v) is 3.58. The standard InChI is InChI=1S/C15H18BrN3O/c1-4-7-17-9-13-11(3)18-19(15(13)20)14-6-5-12(16)8-10(14)2/h5-6,8-9,18H,4,7H2,1-3H3. The SMILES string of the molecule is CCCN=Cc1c(C)[nH]n(-c2ccc(Br)cc2C)c1=O. The van der Waals surface area contributed by atoms with Crippen LogP contribution in [0, 0.1) is 13.8 Å². The Hall–Kier alpha value is -1.62. The monoisotopic (exact) mass is 335 g/mol. The van der Waals surface area contributed by atoms with Crippen LogP contribution in [0.25, 0.3) is 5.69 Å². The average Bonchev–Trinajstić information content (AvgIpc) is 2.67. The second kappa shape index (κ2) is 6.22. The maximum absolute atomic E-state index is 12.5. The molecule has 0 saturated heterocycles. The van der Waals surface area contributed by atoms with E-state index < -0.39 is 0 Å². The van der Waals surface area contributed by atoms with Gasteiger partial charge in [-0.05, 0) is 44.0 Å². The summed E-state index contributed by atoms with van der Waals surface area (Å²) in [5.41, 5.74) is 3.28. The van der Waals surface area contributed by atoms with Crippen LogP contribution in [0.1, 0.15) is 30.2 Å². The fourth-order valence-electron chi connectivity index (χ4n) is 2.04. The summed E-state index contributed by atoms with van der Waals surface area (Å²) in [7, 11) is 0. The van der Waals surface area contributed by atoms with Crippen molar-refractivity contribution in [2.24, 2.45) is 4.99 Å². The molecule has 0 saturated carbocycles. The van der Waals surface area contributed by atoms with Gasteiger partial charge in [-0.15, -0.1) is 0 Å². The molecule has 0 aliphatic carbocycles. The van der Waals surface area contributed by atoms with Crippen molar-refractivity contribution in [3.63, 3.8) is 0 Å². The lowest BCUT2D eigenvalue weighted by molar-refractivity contribution is 0.828. The van der Waals surface area contributed by atoms with E-state index in [9.17, 15) is 4.79 Å². The first-order chi connectivity index (χ1) is 9.54. The largest absolute Gasteiger partial charge is 0.295 e. The molecule has 0 atom stereocenters. The molecule has 1 aromatic heterocycles. The van der Waals surface area contributed by atoms with Crippen molar-refractivity contribution in [3.8, 4) is 5.69 Å². The molecular formula is C15H18BrN3O. The normalized spacial score (nSPS) is 11.4. The molecule has 0 unspecified atom stereocenters. The van der Waals surface area contributed by atoms with E-state index in [0.717, 1.165) is 34.4 Å². The highest BCUT2D eigenvalue weighted by Crippen LogP contribution is 2.18. The van der Waals surface area contributed by atoms with Gasteiger partial charge < -0.3 is 0 Å². The van der Waals surface area contributed by atoms with Crippen LogP contribution in [-0.4, -0.2) is 22.5 Å². The molecule has 20 heavy (non-hydrogen) atoms. The molecular weight excluding hydrogens is 318 g/mol. The quantitative estimate of drug-likeness (QED) is 0.855. The highest BCUT2D eigenvalue weighted by atomic mass is 79.9. The topological polar surface area (TPSA) is 50.1 Å². The minimum absolute atomic E-state index is 0.0622. The van der Waals surface area contributed by atoms with Crippen molar-refractivity contribution in [1.29, 1.82) is 0 Å². The second-order valence-electron chi connectivity index (χ2n) is 4.76. The zero-order chi connectivity index (χ0) is 14.7. The summed E-state index contributed by atoms with van der Waals surface area (Å²) in [5, 5.41) is 3.11. The third kappa shape index (κ3) is 2.93. The molecule has 0 radical (unpaired) electrons. The van der Waals surface area contributed by atoms with Crippen molar-refractivity contribution in [3.05, 3.63) is 49.8 Å². The second-order valence-corrected chi connectivity index (χ2v) is 5.67. The number of H-pyrrole nitrogens is 1. The molecule has 2 rings (SSSR count). The predicted octanol–water partition coefficient (Wildman–Crippen LogP) is 3.37. The Morgan fingerprint density at radius 3 is 2.80 bits per heavy atom. The molecule has 0 aliphatic heterocycles. The minimum Gasteiger partial charge on any atom is -0.295 e. The van der Waals surface area contributed by atoms with Gasteiger partial charge in [0.05, 0.1) is 11.3 Å². The van der Waals surface area contributed by atoms with Crippen molar-refractivity contribution < 1.29 is 0 Å².